The van der Waals surface area contributed by atoms with Crippen molar-refractivity contribution in [1.82, 2.24) is 9.97 Å². The molecule has 25 heavy (non-hydrogen) atoms. The highest BCUT2D eigenvalue weighted by Gasteiger charge is 2.33. The van der Waals surface area contributed by atoms with Gasteiger partial charge >= 0.3 is 6.09 Å². The van der Waals surface area contributed by atoms with Gasteiger partial charge in [0.25, 0.3) is 5.91 Å². The fourth-order valence-corrected chi connectivity index (χ4v) is 3.21. The first kappa shape index (κ1) is 15.8. The van der Waals surface area contributed by atoms with E-state index in [0.717, 1.165) is 5.56 Å². The van der Waals surface area contributed by atoms with Gasteiger partial charge in [-0.3, -0.25) is 14.6 Å². The molecule has 0 aromatic carbocycles. The van der Waals surface area contributed by atoms with Gasteiger partial charge in [-0.15, -0.1) is 0 Å². The standard InChI is InChI=1S/C16H14ClN5O3/c17-12-6-9-10(11(7-18)19-12)8-22(15(9)23)14-3-1-2-13(20-14)21-4-5-25-16(21)24/h1-3,6H,4-5,7-8,18H2. The van der Waals surface area contributed by atoms with E-state index in [4.69, 9.17) is 22.1 Å². The number of carbonyl (C=O) groups is 2. The molecule has 2 N–H and O–H groups in total. The van der Waals surface area contributed by atoms with Gasteiger partial charge in [0.05, 0.1) is 18.8 Å². The van der Waals surface area contributed by atoms with Crippen LogP contribution in [-0.2, 0) is 17.8 Å². The summed E-state index contributed by atoms with van der Waals surface area (Å²) >= 11 is 5.98. The van der Waals surface area contributed by atoms with E-state index in [1.807, 2.05) is 0 Å². The average Bonchev–Trinajstić information content (AvgIpc) is 3.18. The monoisotopic (exact) mass is 359 g/mol. The first-order valence-electron chi connectivity index (χ1n) is 7.70. The van der Waals surface area contributed by atoms with E-state index in [0.29, 0.717) is 42.6 Å². The van der Waals surface area contributed by atoms with Crippen molar-refractivity contribution in [1.29, 1.82) is 0 Å². The van der Waals surface area contributed by atoms with E-state index in [1.165, 1.54) is 9.80 Å². The van der Waals surface area contributed by atoms with Crippen molar-refractivity contribution in [2.75, 3.05) is 23.0 Å². The minimum Gasteiger partial charge on any atom is -0.447 e. The molecular formula is C16H14ClN5O3. The Morgan fingerprint density at radius 3 is 2.64 bits per heavy atom. The molecule has 0 saturated carbocycles. The normalized spacial score (nSPS) is 16.4. The number of halogens is 1. The van der Waals surface area contributed by atoms with Crippen LogP contribution in [-0.4, -0.2) is 35.1 Å². The Morgan fingerprint density at radius 2 is 1.96 bits per heavy atom. The highest BCUT2D eigenvalue weighted by molar-refractivity contribution is 6.30. The number of nitrogens with two attached hydrogens (primary N) is 1. The summed E-state index contributed by atoms with van der Waals surface area (Å²) < 4.78 is 4.93. The molecule has 0 atom stereocenters. The molecule has 1 saturated heterocycles. The molecule has 2 aliphatic heterocycles. The van der Waals surface area contributed by atoms with Crippen LogP contribution in [0.2, 0.25) is 5.15 Å². The number of nitrogens with zero attached hydrogens (tertiary/aromatic N) is 4. The van der Waals surface area contributed by atoms with Gasteiger partial charge in [0, 0.05) is 17.7 Å². The zero-order valence-corrected chi connectivity index (χ0v) is 13.9. The quantitative estimate of drug-likeness (QED) is 0.837. The Hall–Kier alpha value is -2.71. The number of hydrogen-bond acceptors (Lipinski definition) is 6. The van der Waals surface area contributed by atoms with Gasteiger partial charge in [0.2, 0.25) is 0 Å². The molecule has 4 heterocycles. The van der Waals surface area contributed by atoms with Crippen molar-refractivity contribution in [3.8, 4) is 0 Å². The number of rotatable bonds is 3. The number of amides is 2. The molecule has 9 heteroatoms. The van der Waals surface area contributed by atoms with Crippen LogP contribution in [0.4, 0.5) is 16.4 Å². The molecule has 2 amide bonds. The smallest absolute Gasteiger partial charge is 0.415 e. The van der Waals surface area contributed by atoms with E-state index >= 15 is 0 Å². The lowest BCUT2D eigenvalue weighted by Crippen LogP contribution is -2.27. The van der Waals surface area contributed by atoms with E-state index in [9.17, 15) is 9.59 Å². The molecule has 0 aliphatic carbocycles. The number of ether oxygens (including phenoxy) is 1. The summed E-state index contributed by atoms with van der Waals surface area (Å²) in [7, 11) is 0. The van der Waals surface area contributed by atoms with Gasteiger partial charge in [-0.25, -0.2) is 14.8 Å². The highest BCUT2D eigenvalue weighted by atomic mass is 35.5. The van der Waals surface area contributed by atoms with Gasteiger partial charge in [0.15, 0.2) is 0 Å². The zero-order valence-electron chi connectivity index (χ0n) is 13.1. The van der Waals surface area contributed by atoms with E-state index in [1.54, 1.807) is 24.3 Å². The molecule has 0 spiro atoms. The molecule has 2 aromatic heterocycles. The number of hydrogen-bond donors (Lipinski definition) is 1. The fourth-order valence-electron chi connectivity index (χ4n) is 3.00. The second-order valence-corrected chi connectivity index (χ2v) is 6.02. The van der Waals surface area contributed by atoms with Crippen molar-refractivity contribution in [3.63, 3.8) is 0 Å². The lowest BCUT2D eigenvalue weighted by Gasteiger charge is -2.18. The Bertz CT molecular complexity index is 888. The molecule has 8 nitrogen and oxygen atoms in total. The van der Waals surface area contributed by atoms with Crippen molar-refractivity contribution < 1.29 is 14.3 Å². The van der Waals surface area contributed by atoms with Crippen LogP contribution in [0.5, 0.6) is 0 Å². The number of pyridine rings is 2. The summed E-state index contributed by atoms with van der Waals surface area (Å²) in [5.41, 5.74) is 7.55. The maximum Gasteiger partial charge on any atom is 0.415 e. The molecule has 2 aliphatic rings. The van der Waals surface area contributed by atoms with Gasteiger partial charge in [0.1, 0.15) is 23.4 Å². The summed E-state index contributed by atoms with van der Waals surface area (Å²) in [5.74, 6) is 0.666. The third-order valence-corrected chi connectivity index (χ3v) is 4.39. The molecule has 0 unspecified atom stereocenters. The molecule has 2 aromatic rings. The third kappa shape index (κ3) is 2.59. The Labute approximate surface area is 148 Å². The van der Waals surface area contributed by atoms with Crippen LogP contribution in [0.25, 0.3) is 0 Å². The van der Waals surface area contributed by atoms with Crippen LogP contribution in [0.3, 0.4) is 0 Å². The summed E-state index contributed by atoms with van der Waals surface area (Å²) in [6.45, 7) is 1.26. The van der Waals surface area contributed by atoms with E-state index in [2.05, 4.69) is 9.97 Å². The van der Waals surface area contributed by atoms with Crippen LogP contribution >= 0.6 is 11.6 Å². The second kappa shape index (κ2) is 5.98. The van der Waals surface area contributed by atoms with Crippen molar-refractivity contribution in [3.05, 3.63) is 46.2 Å². The Kier molecular flexibility index (Phi) is 3.78. The third-order valence-electron chi connectivity index (χ3n) is 4.20. The summed E-state index contributed by atoms with van der Waals surface area (Å²) in [6, 6.07) is 6.70. The molecule has 1 fully saturated rings. The largest absolute Gasteiger partial charge is 0.447 e. The number of aromatic nitrogens is 2. The molecule has 0 radical (unpaired) electrons. The number of cyclic esters (lactones) is 1. The lowest BCUT2D eigenvalue weighted by atomic mass is 10.1. The van der Waals surface area contributed by atoms with Crippen molar-refractivity contribution in [2.24, 2.45) is 5.73 Å². The Balaban J connectivity index is 1.70. The van der Waals surface area contributed by atoms with E-state index in [-0.39, 0.29) is 17.6 Å². The van der Waals surface area contributed by atoms with Crippen molar-refractivity contribution in [2.45, 2.75) is 13.1 Å². The minimum atomic E-state index is -0.443. The second-order valence-electron chi connectivity index (χ2n) is 5.63. The van der Waals surface area contributed by atoms with Gasteiger partial charge in [-0.05, 0) is 18.2 Å². The summed E-state index contributed by atoms with van der Waals surface area (Å²) in [5, 5.41) is 0.232. The van der Waals surface area contributed by atoms with E-state index < -0.39 is 6.09 Å². The molecular weight excluding hydrogens is 346 g/mol. The maximum absolute atomic E-state index is 12.8. The van der Waals surface area contributed by atoms with Crippen LogP contribution < -0.4 is 15.5 Å². The molecule has 128 valence electrons. The minimum absolute atomic E-state index is 0.192. The number of carbonyl (C=O) groups excluding carboxylic acids is 2. The average molecular weight is 360 g/mol. The van der Waals surface area contributed by atoms with Crippen LogP contribution in [0, 0.1) is 0 Å². The molecule has 0 bridgehead atoms. The van der Waals surface area contributed by atoms with Crippen molar-refractivity contribution >= 4 is 35.2 Å². The van der Waals surface area contributed by atoms with Gasteiger partial charge in [-0.2, -0.15) is 0 Å². The predicted molar refractivity (Wildman–Crippen MR) is 90.6 cm³/mol. The Morgan fingerprint density at radius 1 is 1.20 bits per heavy atom. The van der Waals surface area contributed by atoms with Crippen LogP contribution in [0.1, 0.15) is 21.6 Å². The predicted octanol–water partition coefficient (Wildman–Crippen LogP) is 1.71. The lowest BCUT2D eigenvalue weighted by molar-refractivity contribution is 0.0996. The zero-order chi connectivity index (χ0) is 17.6. The first-order chi connectivity index (χ1) is 12.1. The number of fused-ring (bicyclic) bond motifs is 1. The first-order valence-corrected chi connectivity index (χ1v) is 8.08. The maximum atomic E-state index is 12.8. The fraction of sp³-hybridized carbons (Fsp3) is 0.250. The topological polar surface area (TPSA) is 102 Å². The number of anilines is 2. The summed E-state index contributed by atoms with van der Waals surface area (Å²) in [6.07, 6.45) is -0.443. The van der Waals surface area contributed by atoms with Crippen LogP contribution in [0.15, 0.2) is 24.3 Å². The SMILES string of the molecule is NCc1nc(Cl)cc2c1CN(c1cccc(N3CCOC3=O)n1)C2=O. The van der Waals surface area contributed by atoms with Gasteiger partial charge in [-0.1, -0.05) is 17.7 Å². The molecule has 4 rings (SSSR count). The van der Waals surface area contributed by atoms with Gasteiger partial charge < -0.3 is 10.5 Å². The summed E-state index contributed by atoms with van der Waals surface area (Å²) in [4.78, 5) is 36.1. The highest BCUT2D eigenvalue weighted by Crippen LogP contribution is 2.31.